The number of hydrogen-bond donors (Lipinski definition) is 0. The van der Waals surface area contributed by atoms with E-state index in [-0.39, 0.29) is 10.8 Å². The van der Waals surface area contributed by atoms with Gasteiger partial charge in [-0.1, -0.05) is 29.8 Å². The molecule has 6 nitrogen and oxygen atoms in total. The molecule has 1 saturated heterocycles. The van der Waals surface area contributed by atoms with Crippen molar-refractivity contribution < 1.29 is 12.8 Å². The smallest absolute Gasteiger partial charge is 0.249 e. The predicted molar refractivity (Wildman–Crippen MR) is 103 cm³/mol. The van der Waals surface area contributed by atoms with Gasteiger partial charge in [-0.15, -0.1) is 10.2 Å². The molecule has 1 fully saturated rings. The van der Waals surface area contributed by atoms with Crippen molar-refractivity contribution >= 4 is 21.6 Å². The quantitative estimate of drug-likeness (QED) is 0.654. The van der Waals surface area contributed by atoms with E-state index in [9.17, 15) is 8.42 Å². The number of nitrogens with zero attached hydrogens (tertiary/aromatic N) is 3. The molecule has 3 aromatic rings. The number of aromatic nitrogens is 2. The molecule has 1 aromatic heterocycles. The highest BCUT2D eigenvalue weighted by atomic mass is 35.5. The fourth-order valence-corrected chi connectivity index (χ4v) is 4.91. The first-order valence-electron chi connectivity index (χ1n) is 8.66. The molecule has 0 radical (unpaired) electrons. The Morgan fingerprint density at radius 3 is 2.37 bits per heavy atom. The summed E-state index contributed by atoms with van der Waals surface area (Å²) in [5, 5.41) is 8.68. The Hall–Kier alpha value is -2.22. The number of sulfonamides is 1. The normalized spacial score (nSPS) is 15.3. The lowest BCUT2D eigenvalue weighted by Gasteiger charge is -2.16. The maximum atomic E-state index is 12.8. The van der Waals surface area contributed by atoms with Crippen LogP contribution in [0.3, 0.4) is 0 Å². The monoisotopic (exact) mass is 403 g/mol. The number of aryl methyl sites for hydroxylation is 1. The minimum atomic E-state index is -3.52. The molecule has 1 aliphatic rings. The molecule has 0 atom stereocenters. The summed E-state index contributed by atoms with van der Waals surface area (Å²) in [6.07, 6.45) is 1.78. The summed E-state index contributed by atoms with van der Waals surface area (Å²) in [6.45, 7) is 2.99. The fraction of sp³-hybridized carbons (Fsp3) is 0.263. The molecule has 0 spiro atoms. The Morgan fingerprint density at radius 1 is 1.00 bits per heavy atom. The van der Waals surface area contributed by atoms with E-state index in [0.717, 1.165) is 18.4 Å². The van der Waals surface area contributed by atoms with E-state index in [4.69, 9.17) is 16.0 Å². The standard InChI is InChI=1S/C19H18ClN3O3S/c1-13-8-9-14(27(24,25)23-10-4-5-11-23)12-16(13)19-22-21-18(26-19)15-6-2-3-7-17(15)20/h2-3,6-9,12H,4-5,10-11H2,1H3. The number of rotatable bonds is 4. The maximum Gasteiger partial charge on any atom is 0.249 e. The van der Waals surface area contributed by atoms with Crippen molar-refractivity contribution in [3.05, 3.63) is 53.1 Å². The zero-order valence-electron chi connectivity index (χ0n) is 14.7. The van der Waals surface area contributed by atoms with Crippen molar-refractivity contribution in [2.75, 3.05) is 13.1 Å². The molecule has 0 bridgehead atoms. The van der Waals surface area contributed by atoms with Gasteiger partial charge in [0, 0.05) is 18.7 Å². The van der Waals surface area contributed by atoms with Gasteiger partial charge in [0.1, 0.15) is 0 Å². The molecule has 1 aliphatic heterocycles. The van der Waals surface area contributed by atoms with Crippen molar-refractivity contribution in [1.29, 1.82) is 0 Å². The van der Waals surface area contributed by atoms with Gasteiger partial charge in [0.2, 0.25) is 21.8 Å². The lowest BCUT2D eigenvalue weighted by Crippen LogP contribution is -2.27. The van der Waals surface area contributed by atoms with E-state index in [1.807, 2.05) is 19.1 Å². The summed E-state index contributed by atoms with van der Waals surface area (Å²) in [5.74, 6) is 0.559. The first kappa shape index (κ1) is 18.2. The molecule has 0 N–H and O–H groups in total. The van der Waals surface area contributed by atoms with Gasteiger partial charge < -0.3 is 4.42 Å². The Balaban J connectivity index is 1.74. The zero-order chi connectivity index (χ0) is 19.0. The number of halogens is 1. The highest BCUT2D eigenvalue weighted by Crippen LogP contribution is 2.32. The van der Waals surface area contributed by atoms with Crippen LogP contribution in [0.5, 0.6) is 0 Å². The Morgan fingerprint density at radius 2 is 1.67 bits per heavy atom. The summed E-state index contributed by atoms with van der Waals surface area (Å²) in [5.41, 5.74) is 2.09. The van der Waals surface area contributed by atoms with Gasteiger partial charge in [-0.05, 0) is 49.6 Å². The third-order valence-corrected chi connectivity index (χ3v) is 6.90. The highest BCUT2D eigenvalue weighted by molar-refractivity contribution is 7.89. The van der Waals surface area contributed by atoms with Gasteiger partial charge in [-0.3, -0.25) is 0 Å². The largest absolute Gasteiger partial charge is 0.416 e. The third kappa shape index (κ3) is 3.38. The van der Waals surface area contributed by atoms with Crippen LogP contribution >= 0.6 is 11.6 Å². The SMILES string of the molecule is Cc1ccc(S(=O)(=O)N2CCCC2)cc1-c1nnc(-c2ccccc2Cl)o1. The summed E-state index contributed by atoms with van der Waals surface area (Å²) in [6, 6.07) is 12.2. The summed E-state index contributed by atoms with van der Waals surface area (Å²) >= 11 is 6.19. The van der Waals surface area contributed by atoms with E-state index in [1.165, 1.54) is 4.31 Å². The van der Waals surface area contributed by atoms with Crippen molar-refractivity contribution in [2.24, 2.45) is 0 Å². The van der Waals surface area contributed by atoms with Crippen LogP contribution in [0.4, 0.5) is 0 Å². The van der Waals surface area contributed by atoms with Crippen LogP contribution in [0, 0.1) is 6.92 Å². The van der Waals surface area contributed by atoms with Gasteiger partial charge in [0.05, 0.1) is 15.5 Å². The van der Waals surface area contributed by atoms with E-state index >= 15 is 0 Å². The Kier molecular flexibility index (Phi) is 4.75. The molecular formula is C19H18ClN3O3S. The topological polar surface area (TPSA) is 76.3 Å². The molecule has 2 heterocycles. The lowest BCUT2D eigenvalue weighted by molar-refractivity contribution is 0.477. The summed E-state index contributed by atoms with van der Waals surface area (Å²) < 4.78 is 33.0. The van der Waals surface area contributed by atoms with Gasteiger partial charge in [0.15, 0.2) is 0 Å². The van der Waals surface area contributed by atoms with E-state index in [2.05, 4.69) is 10.2 Å². The third-order valence-electron chi connectivity index (χ3n) is 4.67. The van der Waals surface area contributed by atoms with Crippen LogP contribution < -0.4 is 0 Å². The zero-order valence-corrected chi connectivity index (χ0v) is 16.3. The molecule has 0 unspecified atom stereocenters. The summed E-state index contributed by atoms with van der Waals surface area (Å²) in [4.78, 5) is 0.238. The van der Waals surface area contributed by atoms with Crippen molar-refractivity contribution in [2.45, 2.75) is 24.7 Å². The van der Waals surface area contributed by atoms with E-state index in [1.54, 1.807) is 30.3 Å². The van der Waals surface area contributed by atoms with Crippen molar-refractivity contribution in [3.8, 4) is 22.9 Å². The van der Waals surface area contributed by atoms with Crippen LogP contribution in [0.2, 0.25) is 5.02 Å². The summed E-state index contributed by atoms with van der Waals surface area (Å²) in [7, 11) is -3.52. The maximum absolute atomic E-state index is 12.8. The first-order chi connectivity index (χ1) is 13.0. The average molecular weight is 404 g/mol. The number of benzene rings is 2. The van der Waals surface area contributed by atoms with Gasteiger partial charge >= 0.3 is 0 Å². The van der Waals surface area contributed by atoms with Gasteiger partial charge in [0.25, 0.3) is 0 Å². The average Bonchev–Trinajstić information content (AvgIpc) is 3.35. The molecule has 8 heteroatoms. The Bertz CT molecular complexity index is 1090. The number of hydrogen-bond acceptors (Lipinski definition) is 5. The van der Waals surface area contributed by atoms with Crippen LogP contribution in [-0.4, -0.2) is 36.0 Å². The molecular weight excluding hydrogens is 386 g/mol. The first-order valence-corrected chi connectivity index (χ1v) is 10.5. The second-order valence-corrected chi connectivity index (χ2v) is 8.83. The van der Waals surface area contributed by atoms with Crippen molar-refractivity contribution in [3.63, 3.8) is 0 Å². The van der Waals surface area contributed by atoms with E-state index < -0.39 is 10.0 Å². The van der Waals surface area contributed by atoms with Gasteiger partial charge in [-0.25, -0.2) is 8.42 Å². The molecule has 27 heavy (non-hydrogen) atoms. The van der Waals surface area contributed by atoms with Crippen molar-refractivity contribution in [1.82, 2.24) is 14.5 Å². The molecule has 0 aliphatic carbocycles. The van der Waals surface area contributed by atoms with E-state index in [0.29, 0.717) is 35.1 Å². The predicted octanol–water partition coefficient (Wildman–Crippen LogP) is 4.15. The molecule has 0 saturated carbocycles. The van der Waals surface area contributed by atoms with Crippen LogP contribution in [0.25, 0.3) is 22.9 Å². The molecule has 4 rings (SSSR count). The highest BCUT2D eigenvalue weighted by Gasteiger charge is 2.28. The molecule has 140 valence electrons. The lowest BCUT2D eigenvalue weighted by atomic mass is 10.1. The fourth-order valence-electron chi connectivity index (χ4n) is 3.15. The second-order valence-electron chi connectivity index (χ2n) is 6.48. The second kappa shape index (κ2) is 7.07. The molecule has 2 aromatic carbocycles. The van der Waals surface area contributed by atoms with Crippen LogP contribution in [0.1, 0.15) is 18.4 Å². The minimum absolute atomic E-state index is 0.238. The molecule has 0 amide bonds. The van der Waals surface area contributed by atoms with Gasteiger partial charge in [-0.2, -0.15) is 4.31 Å². The Labute approximate surface area is 162 Å². The minimum Gasteiger partial charge on any atom is -0.416 e. The van der Waals surface area contributed by atoms with Crippen LogP contribution in [-0.2, 0) is 10.0 Å². The van der Waals surface area contributed by atoms with Crippen LogP contribution in [0.15, 0.2) is 51.8 Å².